The van der Waals surface area contributed by atoms with E-state index in [-0.39, 0.29) is 11.4 Å². The fraction of sp³-hybridized carbons (Fsp3) is 0.0833. The Morgan fingerprint density at radius 2 is 2.00 bits per heavy atom. The van der Waals surface area contributed by atoms with E-state index in [1.165, 1.54) is 23.5 Å². The Morgan fingerprint density at radius 1 is 1.24 bits per heavy atom. The van der Waals surface area contributed by atoms with Gasteiger partial charge in [0.15, 0.2) is 0 Å². The number of hydrogen-bond acceptors (Lipinski definition) is 7. The molecule has 0 bridgehead atoms. The van der Waals surface area contributed by atoms with Gasteiger partial charge in [0, 0.05) is 10.9 Å². The third-order valence-electron chi connectivity index (χ3n) is 2.61. The van der Waals surface area contributed by atoms with Gasteiger partial charge in [0.25, 0.3) is 5.69 Å². The van der Waals surface area contributed by atoms with Crippen LogP contribution in [0.15, 0.2) is 40.8 Å². The third-order valence-corrected chi connectivity index (χ3v) is 3.59. The van der Waals surface area contributed by atoms with Crippen LogP contribution < -0.4 is 5.43 Å². The van der Waals surface area contributed by atoms with Crippen molar-refractivity contribution in [2.45, 2.75) is 6.92 Å². The monoisotopic (exact) mass is 306 g/mol. The van der Waals surface area contributed by atoms with Crippen molar-refractivity contribution in [3.63, 3.8) is 0 Å². The molecular weight excluding hydrogens is 296 g/mol. The van der Waals surface area contributed by atoms with Gasteiger partial charge < -0.3 is 0 Å². The molecule has 0 unspecified atom stereocenters. The summed E-state index contributed by atoms with van der Waals surface area (Å²) in [4.78, 5) is 21.2. The molecule has 0 saturated heterocycles. The van der Waals surface area contributed by atoms with E-state index in [0.29, 0.717) is 5.71 Å². The fourth-order valence-corrected chi connectivity index (χ4v) is 2.24. The lowest BCUT2D eigenvalue weighted by Gasteiger charge is -2.03. The fourth-order valence-electron chi connectivity index (χ4n) is 1.56. The van der Waals surface area contributed by atoms with Gasteiger partial charge in [0.05, 0.1) is 21.6 Å². The van der Waals surface area contributed by atoms with Crippen LogP contribution in [0.4, 0.5) is 17.1 Å². The molecule has 21 heavy (non-hydrogen) atoms. The molecule has 1 N–H and O–H groups in total. The Balaban J connectivity index is 2.29. The normalized spacial score (nSPS) is 11.2. The summed E-state index contributed by atoms with van der Waals surface area (Å²) in [5.74, 6) is 0. The first-order chi connectivity index (χ1) is 9.99. The molecule has 0 atom stereocenters. The van der Waals surface area contributed by atoms with Gasteiger partial charge >= 0.3 is 5.69 Å². The van der Waals surface area contributed by atoms with Gasteiger partial charge in [0.1, 0.15) is 5.69 Å². The number of nitro benzene ring substituents is 2. The van der Waals surface area contributed by atoms with Crippen molar-refractivity contribution in [1.82, 2.24) is 0 Å². The van der Waals surface area contributed by atoms with Crippen LogP contribution in [0.1, 0.15) is 11.8 Å². The molecule has 1 aromatic heterocycles. The van der Waals surface area contributed by atoms with Crippen molar-refractivity contribution in [3.8, 4) is 0 Å². The molecule has 108 valence electrons. The van der Waals surface area contributed by atoms with Crippen LogP contribution in [0, 0.1) is 20.2 Å². The molecule has 0 aliphatic rings. The molecule has 0 aliphatic heterocycles. The maximum absolute atomic E-state index is 11.0. The summed E-state index contributed by atoms with van der Waals surface area (Å²) in [6.45, 7) is 1.76. The lowest BCUT2D eigenvalue weighted by Crippen LogP contribution is -2.01. The summed E-state index contributed by atoms with van der Waals surface area (Å²) in [6.07, 6.45) is 0. The second-order valence-electron chi connectivity index (χ2n) is 4.00. The number of rotatable bonds is 5. The maximum Gasteiger partial charge on any atom is 0.301 e. The van der Waals surface area contributed by atoms with E-state index < -0.39 is 15.5 Å². The zero-order valence-electron chi connectivity index (χ0n) is 10.8. The van der Waals surface area contributed by atoms with Gasteiger partial charge in [-0.2, -0.15) is 5.10 Å². The summed E-state index contributed by atoms with van der Waals surface area (Å²) in [6, 6.07) is 7.09. The Labute approximate surface area is 123 Å². The van der Waals surface area contributed by atoms with Crippen LogP contribution in [-0.4, -0.2) is 15.6 Å². The number of nitro groups is 2. The van der Waals surface area contributed by atoms with E-state index in [9.17, 15) is 20.2 Å². The highest BCUT2D eigenvalue weighted by Crippen LogP contribution is 2.29. The lowest BCUT2D eigenvalue weighted by atomic mass is 10.2. The summed E-state index contributed by atoms with van der Waals surface area (Å²) >= 11 is 1.49. The standard InChI is InChI=1S/C12H10N4O4S/c1-8(12-3-2-6-21-12)13-14-10-5-4-9(15(17)18)7-11(10)16(19)20/h2-7,14H,1H3/b13-8+. The Hall–Kier alpha value is -2.81. The molecule has 0 amide bonds. The molecule has 1 aromatic carbocycles. The lowest BCUT2D eigenvalue weighted by molar-refractivity contribution is -0.393. The van der Waals surface area contributed by atoms with Crippen LogP contribution in [-0.2, 0) is 0 Å². The SMILES string of the molecule is C/C(=N\Nc1ccc([N+](=O)[O-])cc1[N+](=O)[O-])c1cccs1. The van der Waals surface area contributed by atoms with E-state index in [2.05, 4.69) is 10.5 Å². The van der Waals surface area contributed by atoms with Gasteiger partial charge in [0.2, 0.25) is 0 Å². The highest BCUT2D eigenvalue weighted by atomic mass is 32.1. The number of thiophene rings is 1. The second kappa shape index (κ2) is 6.09. The van der Waals surface area contributed by atoms with E-state index in [0.717, 1.165) is 10.9 Å². The number of nitrogens with zero attached hydrogens (tertiary/aromatic N) is 3. The third kappa shape index (κ3) is 3.39. The maximum atomic E-state index is 11.0. The molecule has 9 heteroatoms. The zero-order valence-corrected chi connectivity index (χ0v) is 11.7. The van der Waals surface area contributed by atoms with Gasteiger partial charge in [-0.05, 0) is 24.4 Å². The molecule has 0 radical (unpaired) electrons. The average molecular weight is 306 g/mol. The largest absolute Gasteiger partial charge is 0.301 e. The Bertz CT molecular complexity index is 712. The van der Waals surface area contributed by atoms with Crippen LogP contribution >= 0.6 is 11.3 Å². The first-order valence-corrected chi connectivity index (χ1v) is 6.64. The van der Waals surface area contributed by atoms with Gasteiger partial charge in [-0.15, -0.1) is 11.3 Å². The number of anilines is 1. The minimum atomic E-state index is -0.689. The topological polar surface area (TPSA) is 111 Å². The van der Waals surface area contributed by atoms with E-state index in [1.807, 2.05) is 17.5 Å². The molecule has 2 rings (SSSR count). The number of nitrogens with one attached hydrogen (secondary N) is 1. The summed E-state index contributed by atoms with van der Waals surface area (Å²) in [7, 11) is 0. The van der Waals surface area contributed by atoms with Crippen molar-refractivity contribution >= 4 is 34.1 Å². The zero-order chi connectivity index (χ0) is 15.4. The quantitative estimate of drug-likeness (QED) is 0.517. The molecule has 8 nitrogen and oxygen atoms in total. The van der Waals surface area contributed by atoms with Gasteiger partial charge in [-0.25, -0.2) is 0 Å². The predicted octanol–water partition coefficient (Wildman–Crippen LogP) is 3.40. The first-order valence-electron chi connectivity index (χ1n) is 5.76. The molecule has 0 aliphatic carbocycles. The summed E-state index contributed by atoms with van der Waals surface area (Å²) in [5.41, 5.74) is 2.60. The predicted molar refractivity (Wildman–Crippen MR) is 79.9 cm³/mol. The van der Waals surface area contributed by atoms with Crippen LogP contribution in [0.25, 0.3) is 0 Å². The number of hydrogen-bond donors (Lipinski definition) is 1. The Morgan fingerprint density at radius 3 is 2.57 bits per heavy atom. The molecule has 0 fully saturated rings. The summed E-state index contributed by atoms with van der Waals surface area (Å²) < 4.78 is 0. The van der Waals surface area contributed by atoms with Crippen molar-refractivity contribution in [3.05, 3.63) is 60.8 Å². The van der Waals surface area contributed by atoms with Crippen LogP contribution in [0.2, 0.25) is 0 Å². The van der Waals surface area contributed by atoms with Gasteiger partial charge in [-0.1, -0.05) is 6.07 Å². The molecule has 2 aromatic rings. The first kappa shape index (κ1) is 14.6. The van der Waals surface area contributed by atoms with Crippen LogP contribution in [0.3, 0.4) is 0 Å². The molecule has 0 saturated carbocycles. The number of benzene rings is 1. The van der Waals surface area contributed by atoms with E-state index in [1.54, 1.807) is 6.92 Å². The molecular formula is C12H10N4O4S. The minimum Gasteiger partial charge on any atom is -0.271 e. The van der Waals surface area contributed by atoms with Crippen molar-refractivity contribution in [2.75, 3.05) is 5.43 Å². The highest BCUT2D eigenvalue weighted by Gasteiger charge is 2.19. The molecule has 1 heterocycles. The van der Waals surface area contributed by atoms with Gasteiger partial charge in [-0.3, -0.25) is 25.7 Å². The van der Waals surface area contributed by atoms with E-state index >= 15 is 0 Å². The van der Waals surface area contributed by atoms with Crippen molar-refractivity contribution < 1.29 is 9.85 Å². The van der Waals surface area contributed by atoms with Crippen molar-refractivity contribution in [2.24, 2.45) is 5.10 Å². The molecule has 0 spiro atoms. The number of hydrazone groups is 1. The second-order valence-corrected chi connectivity index (χ2v) is 4.95. The smallest absolute Gasteiger partial charge is 0.271 e. The minimum absolute atomic E-state index is 0.0986. The van der Waals surface area contributed by atoms with E-state index in [4.69, 9.17) is 0 Å². The Kier molecular flexibility index (Phi) is 4.24. The van der Waals surface area contributed by atoms with Crippen molar-refractivity contribution in [1.29, 1.82) is 0 Å². The van der Waals surface area contributed by atoms with Crippen LogP contribution in [0.5, 0.6) is 0 Å². The number of non-ortho nitro benzene ring substituents is 1. The highest BCUT2D eigenvalue weighted by molar-refractivity contribution is 7.12. The summed E-state index contributed by atoms with van der Waals surface area (Å²) in [5, 5.41) is 27.6. The average Bonchev–Trinajstić information content (AvgIpc) is 2.98.